The standard InChI is InChI=1S/C17H26N2O2/c1-4-9-18-16(20)13-6-5-7-14(11-13)19-15-8-10-21-17(2,3)12-15/h5-7,11,15,19H,4,8-10,12H2,1-3H3,(H,18,20). The van der Waals surface area contributed by atoms with Gasteiger partial charge in [-0.3, -0.25) is 4.79 Å². The van der Waals surface area contributed by atoms with Gasteiger partial charge in [-0.1, -0.05) is 13.0 Å². The van der Waals surface area contributed by atoms with Crippen molar-refractivity contribution in [3.63, 3.8) is 0 Å². The predicted octanol–water partition coefficient (Wildman–Crippen LogP) is 3.20. The monoisotopic (exact) mass is 290 g/mol. The molecule has 1 aliphatic heterocycles. The minimum atomic E-state index is -0.0774. The van der Waals surface area contributed by atoms with Crippen LogP contribution in [0.4, 0.5) is 5.69 Å². The summed E-state index contributed by atoms with van der Waals surface area (Å²) in [6.45, 7) is 7.78. The minimum absolute atomic E-state index is 0.00666. The molecule has 2 rings (SSSR count). The van der Waals surface area contributed by atoms with Gasteiger partial charge in [0.15, 0.2) is 0 Å². The maximum atomic E-state index is 12.0. The topological polar surface area (TPSA) is 50.4 Å². The zero-order chi connectivity index (χ0) is 15.3. The first kappa shape index (κ1) is 15.8. The van der Waals surface area contributed by atoms with Crippen molar-refractivity contribution < 1.29 is 9.53 Å². The Morgan fingerprint density at radius 2 is 2.24 bits per heavy atom. The van der Waals surface area contributed by atoms with E-state index in [0.29, 0.717) is 18.2 Å². The zero-order valence-corrected chi connectivity index (χ0v) is 13.2. The summed E-state index contributed by atoms with van der Waals surface area (Å²) < 4.78 is 5.74. The first-order valence-corrected chi connectivity index (χ1v) is 7.79. The van der Waals surface area contributed by atoms with Crippen molar-refractivity contribution in [2.45, 2.75) is 51.7 Å². The molecular formula is C17H26N2O2. The van der Waals surface area contributed by atoms with Gasteiger partial charge in [-0.25, -0.2) is 0 Å². The third-order valence-corrected chi connectivity index (χ3v) is 3.73. The van der Waals surface area contributed by atoms with Gasteiger partial charge >= 0.3 is 0 Å². The summed E-state index contributed by atoms with van der Waals surface area (Å²) in [7, 11) is 0. The number of amides is 1. The molecule has 0 spiro atoms. The number of benzene rings is 1. The number of nitrogens with one attached hydrogen (secondary N) is 2. The van der Waals surface area contributed by atoms with Crippen LogP contribution in [0.3, 0.4) is 0 Å². The van der Waals surface area contributed by atoms with E-state index in [4.69, 9.17) is 4.74 Å². The molecule has 1 aromatic rings. The quantitative estimate of drug-likeness (QED) is 0.875. The highest BCUT2D eigenvalue weighted by atomic mass is 16.5. The summed E-state index contributed by atoms with van der Waals surface area (Å²) in [6.07, 6.45) is 2.91. The maximum absolute atomic E-state index is 12.0. The van der Waals surface area contributed by atoms with E-state index < -0.39 is 0 Å². The number of hydrogen-bond donors (Lipinski definition) is 2. The Labute approximate surface area is 127 Å². The zero-order valence-electron chi connectivity index (χ0n) is 13.2. The first-order valence-electron chi connectivity index (χ1n) is 7.79. The van der Waals surface area contributed by atoms with E-state index in [1.54, 1.807) is 0 Å². The van der Waals surface area contributed by atoms with Gasteiger partial charge in [0, 0.05) is 30.4 Å². The van der Waals surface area contributed by atoms with Crippen LogP contribution >= 0.6 is 0 Å². The molecule has 0 bridgehead atoms. The van der Waals surface area contributed by atoms with Crippen molar-refractivity contribution >= 4 is 11.6 Å². The molecule has 0 radical (unpaired) electrons. The molecule has 2 N–H and O–H groups in total. The van der Waals surface area contributed by atoms with Crippen LogP contribution in [-0.2, 0) is 4.74 Å². The van der Waals surface area contributed by atoms with Crippen molar-refractivity contribution in [1.29, 1.82) is 0 Å². The highest BCUT2D eigenvalue weighted by Gasteiger charge is 2.28. The van der Waals surface area contributed by atoms with Gasteiger partial charge in [0.2, 0.25) is 0 Å². The number of hydrogen-bond acceptors (Lipinski definition) is 3. The minimum Gasteiger partial charge on any atom is -0.382 e. The average molecular weight is 290 g/mol. The normalized spacial score (nSPS) is 20.8. The second-order valence-corrected chi connectivity index (χ2v) is 6.28. The molecule has 0 saturated carbocycles. The summed E-state index contributed by atoms with van der Waals surface area (Å²) in [6, 6.07) is 8.10. The van der Waals surface area contributed by atoms with E-state index in [2.05, 4.69) is 24.5 Å². The van der Waals surface area contributed by atoms with Crippen LogP contribution in [0.5, 0.6) is 0 Å². The molecule has 4 nitrogen and oxygen atoms in total. The molecule has 21 heavy (non-hydrogen) atoms. The molecule has 1 unspecified atom stereocenters. The van der Waals surface area contributed by atoms with Crippen LogP contribution in [0.1, 0.15) is 50.4 Å². The molecule has 1 atom stereocenters. The van der Waals surface area contributed by atoms with E-state index in [0.717, 1.165) is 31.6 Å². The molecule has 116 valence electrons. The van der Waals surface area contributed by atoms with Gasteiger partial charge in [0.1, 0.15) is 0 Å². The molecule has 1 amide bonds. The molecular weight excluding hydrogens is 264 g/mol. The van der Waals surface area contributed by atoms with Gasteiger partial charge in [-0.15, -0.1) is 0 Å². The third-order valence-electron chi connectivity index (χ3n) is 3.73. The highest BCUT2D eigenvalue weighted by molar-refractivity contribution is 5.95. The smallest absolute Gasteiger partial charge is 0.251 e. The fourth-order valence-electron chi connectivity index (χ4n) is 2.68. The molecule has 1 heterocycles. The van der Waals surface area contributed by atoms with E-state index in [1.807, 2.05) is 31.2 Å². The van der Waals surface area contributed by atoms with Crippen LogP contribution in [-0.4, -0.2) is 30.7 Å². The van der Waals surface area contributed by atoms with Crippen LogP contribution in [0, 0.1) is 0 Å². The molecule has 1 fully saturated rings. The number of ether oxygens (including phenoxy) is 1. The van der Waals surface area contributed by atoms with Gasteiger partial charge in [-0.2, -0.15) is 0 Å². The summed E-state index contributed by atoms with van der Waals surface area (Å²) >= 11 is 0. The number of carbonyl (C=O) groups excluding carboxylic acids is 1. The molecule has 0 aromatic heterocycles. The lowest BCUT2D eigenvalue weighted by Crippen LogP contribution is -2.40. The molecule has 1 saturated heterocycles. The molecule has 0 aliphatic carbocycles. The molecule has 1 aromatic carbocycles. The largest absolute Gasteiger partial charge is 0.382 e. The second kappa shape index (κ2) is 6.94. The number of carbonyl (C=O) groups is 1. The molecule has 4 heteroatoms. The summed E-state index contributed by atoms with van der Waals surface area (Å²) in [5.74, 6) is -0.00666. The van der Waals surface area contributed by atoms with Gasteiger partial charge in [-0.05, 0) is 51.3 Å². The van der Waals surface area contributed by atoms with E-state index in [9.17, 15) is 4.79 Å². The fraction of sp³-hybridized carbons (Fsp3) is 0.588. The van der Waals surface area contributed by atoms with Gasteiger partial charge in [0.05, 0.1) is 5.60 Å². The van der Waals surface area contributed by atoms with Crippen molar-refractivity contribution in [2.75, 3.05) is 18.5 Å². The maximum Gasteiger partial charge on any atom is 0.251 e. The predicted molar refractivity (Wildman–Crippen MR) is 85.7 cm³/mol. The van der Waals surface area contributed by atoms with E-state index in [1.165, 1.54) is 0 Å². The Hall–Kier alpha value is -1.55. The second-order valence-electron chi connectivity index (χ2n) is 6.28. The lowest BCUT2D eigenvalue weighted by molar-refractivity contribution is -0.0553. The SMILES string of the molecule is CCCNC(=O)c1cccc(NC2CCOC(C)(C)C2)c1. The van der Waals surface area contributed by atoms with E-state index in [-0.39, 0.29) is 11.5 Å². The van der Waals surface area contributed by atoms with Gasteiger partial charge in [0.25, 0.3) is 5.91 Å². The highest BCUT2D eigenvalue weighted by Crippen LogP contribution is 2.26. The van der Waals surface area contributed by atoms with Crippen molar-refractivity contribution in [1.82, 2.24) is 5.32 Å². The van der Waals surface area contributed by atoms with Crippen LogP contribution in [0.15, 0.2) is 24.3 Å². The lowest BCUT2D eigenvalue weighted by Gasteiger charge is -2.36. The van der Waals surface area contributed by atoms with E-state index >= 15 is 0 Å². The average Bonchev–Trinajstić information content (AvgIpc) is 2.44. The summed E-state index contributed by atoms with van der Waals surface area (Å²) in [5, 5.41) is 6.43. The van der Waals surface area contributed by atoms with Crippen LogP contribution < -0.4 is 10.6 Å². The third kappa shape index (κ3) is 4.74. The Kier molecular flexibility index (Phi) is 5.23. The Morgan fingerprint density at radius 1 is 1.43 bits per heavy atom. The van der Waals surface area contributed by atoms with Crippen molar-refractivity contribution in [3.8, 4) is 0 Å². The van der Waals surface area contributed by atoms with Crippen LogP contribution in [0.25, 0.3) is 0 Å². The Morgan fingerprint density at radius 3 is 2.95 bits per heavy atom. The molecule has 1 aliphatic rings. The summed E-state index contributed by atoms with van der Waals surface area (Å²) in [5.41, 5.74) is 1.63. The number of anilines is 1. The van der Waals surface area contributed by atoms with Crippen LogP contribution in [0.2, 0.25) is 0 Å². The van der Waals surface area contributed by atoms with Gasteiger partial charge < -0.3 is 15.4 Å². The Bertz CT molecular complexity index is 485. The number of rotatable bonds is 5. The summed E-state index contributed by atoms with van der Waals surface area (Å²) in [4.78, 5) is 12.0. The first-order chi connectivity index (χ1) is 10.00. The Balaban J connectivity index is 1.99. The van der Waals surface area contributed by atoms with Crippen molar-refractivity contribution in [2.24, 2.45) is 0 Å². The van der Waals surface area contributed by atoms with Crippen molar-refractivity contribution in [3.05, 3.63) is 29.8 Å². The lowest BCUT2D eigenvalue weighted by atomic mass is 9.93. The fourth-order valence-corrected chi connectivity index (χ4v) is 2.68.